The molecule has 0 saturated heterocycles. The Labute approximate surface area is 136 Å². The first-order chi connectivity index (χ1) is 7.04. The van der Waals surface area contributed by atoms with Crippen LogP contribution in [0.2, 0.25) is 0 Å². The Morgan fingerprint density at radius 3 is 1.50 bits per heavy atom. The fraction of sp³-hybridized carbons (Fsp3) is 0.455. The monoisotopic (exact) mass is 331 g/mol. The molecule has 0 aromatic rings. The summed E-state index contributed by atoms with van der Waals surface area (Å²) in [6.45, 7) is 3.45. The summed E-state index contributed by atoms with van der Waals surface area (Å²) in [6.07, 6.45) is 10.9. The third-order valence-electron chi connectivity index (χ3n) is 1.28. The Bertz CT molecular complexity index is 223. The molecule has 0 radical (unpaired) electrons. The molecule has 1 aliphatic rings. The van der Waals surface area contributed by atoms with Gasteiger partial charge in [-0.1, -0.05) is 13.8 Å². The molecule has 0 unspecified atom stereocenters. The van der Waals surface area contributed by atoms with Gasteiger partial charge in [-0.2, -0.15) is 6.08 Å². The van der Waals surface area contributed by atoms with E-state index >= 15 is 0 Å². The zero-order valence-electron chi connectivity index (χ0n) is 10.6. The van der Waals surface area contributed by atoms with Gasteiger partial charge in [-0.25, -0.2) is 12.2 Å². The molecule has 0 aromatic heterocycles. The molecule has 4 N–H and O–H groups in total. The number of hydrogen-bond acceptors (Lipinski definition) is 2. The summed E-state index contributed by atoms with van der Waals surface area (Å²) in [5, 5.41) is 0. The molecule has 0 spiro atoms. The van der Waals surface area contributed by atoms with Gasteiger partial charge in [-0.15, -0.1) is 31.2 Å². The number of rotatable bonds is 2. The van der Waals surface area contributed by atoms with Crippen LogP contribution in [0, 0.1) is 6.08 Å². The predicted molar refractivity (Wildman–Crippen MR) is 75.0 cm³/mol. The number of halogens is 2. The van der Waals surface area contributed by atoms with E-state index in [1.54, 1.807) is 13.8 Å². The van der Waals surface area contributed by atoms with Gasteiger partial charge in [0.1, 0.15) is 0 Å². The Kier molecular flexibility index (Phi) is 43.4. The number of allylic oxidation sites excluding steroid dienone is 4. The minimum absolute atomic E-state index is 0. The first-order valence-corrected chi connectivity index (χ1v) is 4.82. The molecule has 0 aromatic carbocycles. The molecule has 0 fully saturated rings. The third-order valence-corrected chi connectivity index (χ3v) is 1.28. The number of hydrogen-bond donors (Lipinski definition) is 2. The van der Waals surface area contributed by atoms with Crippen LogP contribution in [0.25, 0.3) is 0 Å². The summed E-state index contributed by atoms with van der Waals surface area (Å²) in [5.41, 5.74) is 9.31. The maximum atomic E-state index is 9.59. The molecule has 0 aliphatic heterocycles. The van der Waals surface area contributed by atoms with Gasteiger partial charge >= 0.3 is 0 Å². The van der Waals surface area contributed by atoms with Crippen molar-refractivity contribution in [2.45, 2.75) is 33.1 Å². The Hall–Kier alpha value is -0.286. The molecule has 7 heteroatoms. The van der Waals surface area contributed by atoms with Crippen LogP contribution in [0.4, 0.5) is 0 Å². The van der Waals surface area contributed by atoms with Crippen LogP contribution in [0.1, 0.15) is 33.1 Å². The van der Waals surface area contributed by atoms with Crippen LogP contribution in [0.15, 0.2) is 18.2 Å². The fourth-order valence-electron chi connectivity index (χ4n) is 0.340. The van der Waals surface area contributed by atoms with Gasteiger partial charge in [0, 0.05) is 34.6 Å². The molecule has 2 amide bonds. The quantitative estimate of drug-likeness (QED) is 0.598. The van der Waals surface area contributed by atoms with E-state index in [2.05, 4.69) is 23.6 Å². The maximum Gasteiger partial charge on any atom is 0.217 e. The van der Waals surface area contributed by atoms with E-state index in [0.29, 0.717) is 12.8 Å². The number of amides is 2. The van der Waals surface area contributed by atoms with E-state index < -0.39 is 0 Å². The van der Waals surface area contributed by atoms with Gasteiger partial charge in [-0.3, -0.25) is 15.7 Å². The molecule has 1 aliphatic carbocycles. The minimum atomic E-state index is -0.245. The summed E-state index contributed by atoms with van der Waals surface area (Å²) in [7, 11) is 0. The van der Waals surface area contributed by atoms with Crippen molar-refractivity contribution in [1.82, 2.24) is 0 Å². The smallest absolute Gasteiger partial charge is 0.217 e. The Morgan fingerprint density at radius 2 is 1.44 bits per heavy atom. The van der Waals surface area contributed by atoms with Crippen molar-refractivity contribution < 1.29 is 31.3 Å². The normalized spacial score (nSPS) is 9.00. The van der Waals surface area contributed by atoms with Crippen molar-refractivity contribution in [2.75, 3.05) is 0 Å². The largest absolute Gasteiger partial charge is 0.370 e. The SMILES string of the molecule is CCC(N)=O.CCC(N)=O.Cl.Cl.[C-]1=CC=CC1.[Ti]. The van der Waals surface area contributed by atoms with Gasteiger partial charge < -0.3 is 11.5 Å². The summed E-state index contributed by atoms with van der Waals surface area (Å²) in [6, 6.07) is 0. The molecule has 106 valence electrons. The molecule has 0 heterocycles. The standard InChI is InChI=1S/C5H5.2C3H7NO.2ClH.Ti/c1-2-4-5-3-1;2*1-2-3(4)5;;;/h1-3H,4H2;2*2H2,1H3,(H2,4,5);2*1H;/q-1;;;;;. The van der Waals surface area contributed by atoms with E-state index in [4.69, 9.17) is 0 Å². The van der Waals surface area contributed by atoms with E-state index in [0.717, 1.165) is 6.42 Å². The second-order valence-corrected chi connectivity index (χ2v) is 2.64. The Balaban J connectivity index is -0.0000000433. The van der Waals surface area contributed by atoms with Crippen molar-refractivity contribution in [3.63, 3.8) is 0 Å². The molecule has 1 rings (SSSR count). The summed E-state index contributed by atoms with van der Waals surface area (Å²) in [4.78, 5) is 19.2. The first-order valence-electron chi connectivity index (χ1n) is 4.82. The van der Waals surface area contributed by atoms with Crippen LogP contribution >= 0.6 is 24.8 Å². The average molecular weight is 332 g/mol. The number of primary amides is 2. The van der Waals surface area contributed by atoms with Gasteiger partial charge in [0.25, 0.3) is 0 Å². The zero-order valence-corrected chi connectivity index (χ0v) is 13.8. The number of nitrogens with two attached hydrogens (primary N) is 2. The van der Waals surface area contributed by atoms with Gasteiger partial charge in [-0.05, 0) is 0 Å². The number of carbonyl (C=O) groups excluding carboxylic acids is 2. The van der Waals surface area contributed by atoms with Crippen molar-refractivity contribution in [3.05, 3.63) is 24.3 Å². The summed E-state index contributed by atoms with van der Waals surface area (Å²) in [5.74, 6) is -0.491. The molecule has 0 saturated carbocycles. The topological polar surface area (TPSA) is 86.2 Å². The average Bonchev–Trinajstić information content (AvgIpc) is 2.76. The molecule has 4 nitrogen and oxygen atoms in total. The van der Waals surface area contributed by atoms with E-state index in [1.165, 1.54) is 0 Å². The van der Waals surface area contributed by atoms with Crippen LogP contribution in [0.5, 0.6) is 0 Å². The van der Waals surface area contributed by atoms with Crippen LogP contribution in [0.3, 0.4) is 0 Å². The van der Waals surface area contributed by atoms with Gasteiger partial charge in [0.2, 0.25) is 11.8 Å². The summed E-state index contributed by atoms with van der Waals surface area (Å²) < 4.78 is 0. The van der Waals surface area contributed by atoms with Crippen LogP contribution in [-0.4, -0.2) is 11.8 Å². The summed E-state index contributed by atoms with van der Waals surface area (Å²) >= 11 is 0. The molecule has 0 atom stereocenters. The molecular formula is C11H21Cl2N2O2Ti-. The predicted octanol–water partition coefficient (Wildman–Crippen LogP) is 1.91. The van der Waals surface area contributed by atoms with Crippen molar-refractivity contribution in [2.24, 2.45) is 11.5 Å². The van der Waals surface area contributed by atoms with Crippen LogP contribution in [-0.2, 0) is 31.3 Å². The zero-order chi connectivity index (χ0) is 12.1. The van der Waals surface area contributed by atoms with Gasteiger partial charge in [0.05, 0.1) is 0 Å². The maximum absolute atomic E-state index is 9.59. The van der Waals surface area contributed by atoms with Crippen molar-refractivity contribution >= 4 is 36.6 Å². The van der Waals surface area contributed by atoms with E-state index in [-0.39, 0.29) is 58.3 Å². The first kappa shape index (κ1) is 30.6. The fourth-order valence-corrected chi connectivity index (χ4v) is 0.340. The third kappa shape index (κ3) is 44.8. The van der Waals surface area contributed by atoms with Crippen molar-refractivity contribution in [1.29, 1.82) is 0 Å². The Morgan fingerprint density at radius 1 is 1.11 bits per heavy atom. The van der Waals surface area contributed by atoms with E-state index in [9.17, 15) is 9.59 Å². The molecule has 0 bridgehead atoms. The second kappa shape index (κ2) is 25.5. The molecule has 18 heavy (non-hydrogen) atoms. The molecular weight excluding hydrogens is 311 g/mol. The van der Waals surface area contributed by atoms with Crippen molar-refractivity contribution in [3.8, 4) is 0 Å². The number of carbonyl (C=O) groups is 2. The van der Waals surface area contributed by atoms with Crippen LogP contribution < -0.4 is 11.5 Å². The van der Waals surface area contributed by atoms with Gasteiger partial charge in [0.15, 0.2) is 0 Å². The second-order valence-electron chi connectivity index (χ2n) is 2.64. The minimum Gasteiger partial charge on any atom is -0.370 e. The van der Waals surface area contributed by atoms with E-state index in [1.807, 2.05) is 12.2 Å².